The highest BCUT2D eigenvalue weighted by Gasteiger charge is 2.43. The monoisotopic (exact) mass is 262 g/mol. The molecule has 1 aliphatic heterocycles. The lowest BCUT2D eigenvalue weighted by molar-refractivity contribution is -0.136. The van der Waals surface area contributed by atoms with Crippen LogP contribution < -0.4 is 10.6 Å². The van der Waals surface area contributed by atoms with E-state index in [1.807, 2.05) is 6.07 Å². The summed E-state index contributed by atoms with van der Waals surface area (Å²) in [6.07, 6.45) is 6.36. The number of aromatic nitrogens is 2. The van der Waals surface area contributed by atoms with Crippen LogP contribution in [-0.4, -0.2) is 33.9 Å². The van der Waals surface area contributed by atoms with Gasteiger partial charge in [0, 0.05) is 18.8 Å². The van der Waals surface area contributed by atoms with Gasteiger partial charge in [-0.1, -0.05) is 0 Å². The highest BCUT2D eigenvalue weighted by atomic mass is 16.2. The molecular weight excluding hydrogens is 244 g/mol. The lowest BCUT2D eigenvalue weighted by atomic mass is 9.81. The summed E-state index contributed by atoms with van der Waals surface area (Å²) in [5.41, 5.74) is 0.398. The zero-order valence-electron chi connectivity index (χ0n) is 11.0. The maximum atomic E-state index is 12.0. The van der Waals surface area contributed by atoms with Gasteiger partial charge >= 0.3 is 0 Å². The fourth-order valence-corrected chi connectivity index (χ4v) is 2.26. The van der Waals surface area contributed by atoms with E-state index >= 15 is 0 Å². The maximum absolute atomic E-state index is 12.0. The van der Waals surface area contributed by atoms with Gasteiger partial charge in [-0.05, 0) is 38.3 Å². The normalized spacial score (nSPS) is 21.5. The molecule has 1 fully saturated rings. The zero-order chi connectivity index (χ0) is 13.7. The average Bonchev–Trinajstić information content (AvgIpc) is 2.32. The van der Waals surface area contributed by atoms with Crippen molar-refractivity contribution in [2.24, 2.45) is 0 Å². The Morgan fingerprint density at radius 3 is 2.84 bits per heavy atom. The smallest absolute Gasteiger partial charge is 0.246 e. The number of hydrogen-bond donors (Lipinski definition) is 2. The second-order valence-corrected chi connectivity index (χ2v) is 4.82. The molecule has 6 heteroatoms. The SMILES string of the molecule is CC(=O)NC(=O)C1(CCCc2ccncn2)CCN1. The molecule has 2 amide bonds. The van der Waals surface area contributed by atoms with E-state index < -0.39 is 5.54 Å². The lowest BCUT2D eigenvalue weighted by Gasteiger charge is -2.41. The van der Waals surface area contributed by atoms with Crippen molar-refractivity contribution >= 4 is 11.8 Å². The Balaban J connectivity index is 1.85. The Labute approximate surface area is 112 Å². The third-order valence-corrected chi connectivity index (χ3v) is 3.42. The van der Waals surface area contributed by atoms with Crippen LogP contribution in [0.3, 0.4) is 0 Å². The molecule has 1 saturated heterocycles. The van der Waals surface area contributed by atoms with Crippen molar-refractivity contribution in [3.05, 3.63) is 24.3 Å². The molecule has 2 heterocycles. The Hall–Kier alpha value is -1.82. The number of hydrogen-bond acceptors (Lipinski definition) is 5. The van der Waals surface area contributed by atoms with Crippen molar-refractivity contribution < 1.29 is 9.59 Å². The quantitative estimate of drug-likeness (QED) is 0.791. The summed E-state index contributed by atoms with van der Waals surface area (Å²) < 4.78 is 0. The number of rotatable bonds is 5. The van der Waals surface area contributed by atoms with Crippen LogP contribution in [0.25, 0.3) is 0 Å². The number of nitrogens with one attached hydrogen (secondary N) is 2. The predicted molar refractivity (Wildman–Crippen MR) is 69.1 cm³/mol. The molecule has 1 atom stereocenters. The Bertz CT molecular complexity index is 457. The van der Waals surface area contributed by atoms with E-state index in [2.05, 4.69) is 20.6 Å². The van der Waals surface area contributed by atoms with Gasteiger partial charge in [-0.2, -0.15) is 0 Å². The van der Waals surface area contributed by atoms with Crippen LogP contribution in [0, 0.1) is 0 Å². The summed E-state index contributed by atoms with van der Waals surface area (Å²) in [7, 11) is 0. The van der Waals surface area contributed by atoms with Gasteiger partial charge in [0.15, 0.2) is 0 Å². The van der Waals surface area contributed by atoms with E-state index in [9.17, 15) is 9.59 Å². The van der Waals surface area contributed by atoms with Gasteiger partial charge in [0.25, 0.3) is 0 Å². The molecule has 0 radical (unpaired) electrons. The minimum absolute atomic E-state index is 0.214. The number of carbonyl (C=O) groups excluding carboxylic acids is 2. The maximum Gasteiger partial charge on any atom is 0.246 e. The fourth-order valence-electron chi connectivity index (χ4n) is 2.26. The number of carbonyl (C=O) groups is 2. The van der Waals surface area contributed by atoms with Crippen LogP contribution in [0.1, 0.15) is 31.9 Å². The molecule has 0 aliphatic carbocycles. The van der Waals surface area contributed by atoms with E-state index in [0.717, 1.165) is 31.5 Å². The molecule has 1 aliphatic rings. The summed E-state index contributed by atoms with van der Waals surface area (Å²) in [5, 5.41) is 5.52. The third kappa shape index (κ3) is 3.35. The van der Waals surface area contributed by atoms with E-state index in [1.54, 1.807) is 6.20 Å². The van der Waals surface area contributed by atoms with Crippen LogP contribution in [0.5, 0.6) is 0 Å². The molecule has 1 aromatic heterocycles. The van der Waals surface area contributed by atoms with E-state index in [0.29, 0.717) is 6.42 Å². The molecule has 1 aromatic rings. The molecular formula is C13H18N4O2. The standard InChI is InChI=1S/C13H18N4O2/c1-10(18)17-12(19)13(6-8-16-13)5-2-3-11-4-7-14-9-15-11/h4,7,9,16H,2-3,5-6,8H2,1H3,(H,17,18,19). The number of nitrogens with zero attached hydrogens (tertiary/aromatic N) is 2. The molecule has 2 rings (SSSR count). The van der Waals surface area contributed by atoms with Gasteiger partial charge in [-0.15, -0.1) is 0 Å². The first-order chi connectivity index (χ1) is 9.12. The van der Waals surface area contributed by atoms with Gasteiger partial charge in [0.1, 0.15) is 6.33 Å². The summed E-state index contributed by atoms with van der Waals surface area (Å²) in [4.78, 5) is 31.0. The molecule has 6 nitrogen and oxygen atoms in total. The Kier molecular flexibility index (Phi) is 4.21. The number of amides is 2. The second-order valence-electron chi connectivity index (χ2n) is 4.82. The Morgan fingerprint density at radius 2 is 2.32 bits per heavy atom. The number of imide groups is 1. The fraction of sp³-hybridized carbons (Fsp3) is 0.538. The molecule has 1 unspecified atom stereocenters. The third-order valence-electron chi connectivity index (χ3n) is 3.42. The molecule has 19 heavy (non-hydrogen) atoms. The number of aryl methyl sites for hydroxylation is 1. The molecule has 0 spiro atoms. The van der Waals surface area contributed by atoms with Crippen molar-refractivity contribution in [1.29, 1.82) is 0 Å². The van der Waals surface area contributed by atoms with Gasteiger partial charge in [-0.25, -0.2) is 9.97 Å². The summed E-state index contributed by atoms with van der Waals surface area (Å²) in [6, 6.07) is 1.87. The van der Waals surface area contributed by atoms with Crippen LogP contribution in [-0.2, 0) is 16.0 Å². The highest BCUT2D eigenvalue weighted by molar-refractivity contribution is 5.99. The van der Waals surface area contributed by atoms with Gasteiger partial charge in [-0.3, -0.25) is 14.9 Å². The first-order valence-corrected chi connectivity index (χ1v) is 6.44. The second kappa shape index (κ2) is 5.88. The average molecular weight is 262 g/mol. The highest BCUT2D eigenvalue weighted by Crippen LogP contribution is 2.25. The van der Waals surface area contributed by atoms with Crippen molar-refractivity contribution in [2.75, 3.05) is 6.54 Å². The van der Waals surface area contributed by atoms with E-state index in [-0.39, 0.29) is 11.8 Å². The zero-order valence-corrected chi connectivity index (χ0v) is 11.0. The molecule has 0 aromatic carbocycles. The Morgan fingerprint density at radius 1 is 1.53 bits per heavy atom. The van der Waals surface area contributed by atoms with Crippen molar-refractivity contribution in [3.8, 4) is 0 Å². The molecule has 2 N–H and O–H groups in total. The lowest BCUT2D eigenvalue weighted by Crippen LogP contribution is -2.66. The van der Waals surface area contributed by atoms with Crippen LogP contribution in [0.4, 0.5) is 0 Å². The van der Waals surface area contributed by atoms with Crippen LogP contribution in [0.2, 0.25) is 0 Å². The summed E-state index contributed by atoms with van der Waals surface area (Å²) >= 11 is 0. The minimum atomic E-state index is -0.571. The van der Waals surface area contributed by atoms with Crippen LogP contribution in [0.15, 0.2) is 18.6 Å². The van der Waals surface area contributed by atoms with Gasteiger partial charge in [0.2, 0.25) is 11.8 Å². The first kappa shape index (κ1) is 13.6. The minimum Gasteiger partial charge on any atom is -0.303 e. The van der Waals surface area contributed by atoms with Gasteiger partial charge < -0.3 is 5.32 Å². The largest absolute Gasteiger partial charge is 0.303 e. The van der Waals surface area contributed by atoms with E-state index in [4.69, 9.17) is 0 Å². The topological polar surface area (TPSA) is 84.0 Å². The summed E-state index contributed by atoms with van der Waals surface area (Å²) in [5.74, 6) is -0.525. The van der Waals surface area contributed by atoms with Crippen LogP contribution >= 0.6 is 0 Å². The predicted octanol–water partition coefficient (Wildman–Crippen LogP) is 0.194. The molecule has 102 valence electrons. The van der Waals surface area contributed by atoms with E-state index in [1.165, 1.54) is 13.3 Å². The molecule has 0 bridgehead atoms. The first-order valence-electron chi connectivity index (χ1n) is 6.44. The van der Waals surface area contributed by atoms with Crippen molar-refractivity contribution in [1.82, 2.24) is 20.6 Å². The summed E-state index contributed by atoms with van der Waals surface area (Å²) in [6.45, 7) is 2.17. The van der Waals surface area contributed by atoms with Gasteiger partial charge in [0.05, 0.1) is 5.54 Å². The van der Waals surface area contributed by atoms with Crippen molar-refractivity contribution in [2.45, 2.75) is 38.1 Å². The molecule has 0 saturated carbocycles. The van der Waals surface area contributed by atoms with Crippen molar-refractivity contribution in [3.63, 3.8) is 0 Å².